The maximum atomic E-state index is 13.3. The van der Waals surface area contributed by atoms with Gasteiger partial charge >= 0.3 is 0 Å². The topological polar surface area (TPSA) is 0 Å². The predicted molar refractivity (Wildman–Crippen MR) is 65.9 cm³/mol. The zero-order valence-corrected chi connectivity index (χ0v) is 9.57. The van der Waals surface area contributed by atoms with Crippen LogP contribution in [0.15, 0.2) is 48.5 Å². The highest BCUT2D eigenvalue weighted by atomic mass is 19.1. The minimum Gasteiger partial charge on any atom is -0.207 e. The second-order valence-corrected chi connectivity index (χ2v) is 4.25. The molecule has 2 aromatic carbocycles. The Morgan fingerprint density at radius 1 is 0.938 bits per heavy atom. The second kappa shape index (κ2) is 4.48. The van der Waals surface area contributed by atoms with Gasteiger partial charge in [0.05, 0.1) is 0 Å². The van der Waals surface area contributed by atoms with Crippen molar-refractivity contribution < 1.29 is 4.39 Å². The molecule has 0 bridgehead atoms. The van der Waals surface area contributed by atoms with Crippen molar-refractivity contribution >= 4 is 0 Å². The molecule has 0 radical (unpaired) electrons. The predicted octanol–water partition coefficient (Wildman–Crippen LogP) is 4.62. The van der Waals surface area contributed by atoms with Gasteiger partial charge < -0.3 is 0 Å². The number of halogens is 1. The van der Waals surface area contributed by atoms with E-state index in [2.05, 4.69) is 13.8 Å². The highest BCUT2D eigenvalue weighted by Crippen LogP contribution is 2.29. The number of benzene rings is 2. The Kier molecular flexibility index (Phi) is 3.04. The van der Waals surface area contributed by atoms with Gasteiger partial charge in [-0.1, -0.05) is 50.2 Å². The molecule has 0 aliphatic rings. The third-order valence-corrected chi connectivity index (χ3v) is 2.72. The van der Waals surface area contributed by atoms with Crippen LogP contribution in [0.4, 0.5) is 4.39 Å². The van der Waals surface area contributed by atoms with Crippen molar-refractivity contribution in [3.8, 4) is 11.1 Å². The molecule has 2 rings (SSSR count). The molecule has 2 aromatic rings. The van der Waals surface area contributed by atoms with Gasteiger partial charge in [0.2, 0.25) is 0 Å². The minimum absolute atomic E-state index is 0.178. The van der Waals surface area contributed by atoms with Crippen LogP contribution in [0.5, 0.6) is 0 Å². The van der Waals surface area contributed by atoms with E-state index in [0.29, 0.717) is 5.92 Å². The first-order valence-corrected chi connectivity index (χ1v) is 5.53. The van der Waals surface area contributed by atoms with E-state index in [1.165, 1.54) is 11.6 Å². The molecule has 0 amide bonds. The van der Waals surface area contributed by atoms with E-state index >= 15 is 0 Å². The van der Waals surface area contributed by atoms with Crippen LogP contribution in [-0.2, 0) is 0 Å². The summed E-state index contributed by atoms with van der Waals surface area (Å²) in [5.41, 5.74) is 3.26. The standard InChI is InChI=1S/C15H15F/c1-11(2)14-9-8-13(16)10-15(14)12-6-4-3-5-7-12/h3-11H,1-2H3. The number of hydrogen-bond acceptors (Lipinski definition) is 0. The van der Waals surface area contributed by atoms with Crippen molar-refractivity contribution in [1.82, 2.24) is 0 Å². The fourth-order valence-electron chi connectivity index (χ4n) is 1.90. The third kappa shape index (κ3) is 2.13. The summed E-state index contributed by atoms with van der Waals surface area (Å²) in [6.45, 7) is 4.25. The Labute approximate surface area is 95.7 Å². The van der Waals surface area contributed by atoms with Crippen LogP contribution < -0.4 is 0 Å². The molecule has 0 fully saturated rings. The molecule has 0 heterocycles. The lowest BCUT2D eigenvalue weighted by atomic mass is 9.92. The maximum absolute atomic E-state index is 13.3. The van der Waals surface area contributed by atoms with Crippen LogP contribution >= 0.6 is 0 Å². The van der Waals surface area contributed by atoms with Crippen molar-refractivity contribution in [2.24, 2.45) is 0 Å². The summed E-state index contributed by atoms with van der Waals surface area (Å²) in [5, 5.41) is 0. The van der Waals surface area contributed by atoms with E-state index < -0.39 is 0 Å². The summed E-state index contributed by atoms with van der Waals surface area (Å²) in [7, 11) is 0. The molecule has 0 aliphatic carbocycles. The molecule has 0 aromatic heterocycles. The van der Waals surface area contributed by atoms with E-state index in [9.17, 15) is 4.39 Å². The molecular weight excluding hydrogens is 199 g/mol. The average Bonchev–Trinajstić information content (AvgIpc) is 2.29. The SMILES string of the molecule is CC(C)c1ccc(F)cc1-c1ccccc1. The van der Waals surface area contributed by atoms with Gasteiger partial charge in [0, 0.05) is 0 Å². The van der Waals surface area contributed by atoms with Crippen molar-refractivity contribution in [2.75, 3.05) is 0 Å². The molecule has 0 saturated carbocycles. The lowest BCUT2D eigenvalue weighted by Gasteiger charge is -2.12. The summed E-state index contributed by atoms with van der Waals surface area (Å²) in [6, 6.07) is 15.0. The van der Waals surface area contributed by atoms with Crippen molar-refractivity contribution in [3.63, 3.8) is 0 Å². The van der Waals surface area contributed by atoms with Gasteiger partial charge in [0.25, 0.3) is 0 Å². The first-order valence-electron chi connectivity index (χ1n) is 5.53. The van der Waals surface area contributed by atoms with E-state index in [1.54, 1.807) is 6.07 Å². The molecule has 0 spiro atoms. The van der Waals surface area contributed by atoms with E-state index in [4.69, 9.17) is 0 Å². The molecule has 0 N–H and O–H groups in total. The smallest absolute Gasteiger partial charge is 0.123 e. The Hall–Kier alpha value is -1.63. The molecule has 16 heavy (non-hydrogen) atoms. The molecule has 82 valence electrons. The van der Waals surface area contributed by atoms with Crippen molar-refractivity contribution in [2.45, 2.75) is 19.8 Å². The first kappa shape index (κ1) is 10.9. The van der Waals surface area contributed by atoms with Gasteiger partial charge in [0.1, 0.15) is 5.82 Å². The van der Waals surface area contributed by atoms with E-state index in [-0.39, 0.29) is 5.82 Å². The Bertz CT molecular complexity index is 472. The first-order chi connectivity index (χ1) is 7.68. The Morgan fingerprint density at radius 3 is 2.25 bits per heavy atom. The molecule has 1 heteroatoms. The highest BCUT2D eigenvalue weighted by Gasteiger charge is 2.09. The Morgan fingerprint density at radius 2 is 1.62 bits per heavy atom. The van der Waals surface area contributed by atoms with E-state index in [0.717, 1.165) is 11.1 Å². The average molecular weight is 214 g/mol. The van der Waals surface area contributed by atoms with Gasteiger partial charge in [-0.2, -0.15) is 0 Å². The lowest BCUT2D eigenvalue weighted by Crippen LogP contribution is -1.93. The quantitative estimate of drug-likeness (QED) is 0.684. The highest BCUT2D eigenvalue weighted by molar-refractivity contribution is 5.67. The summed E-state index contributed by atoms with van der Waals surface area (Å²) >= 11 is 0. The van der Waals surface area contributed by atoms with E-state index in [1.807, 2.05) is 36.4 Å². The monoisotopic (exact) mass is 214 g/mol. The minimum atomic E-state index is -0.178. The van der Waals surface area contributed by atoms with Crippen LogP contribution in [0, 0.1) is 5.82 Å². The summed E-state index contributed by atoms with van der Waals surface area (Å²) in [6.07, 6.45) is 0. The fourth-order valence-corrected chi connectivity index (χ4v) is 1.90. The number of rotatable bonds is 2. The second-order valence-electron chi connectivity index (χ2n) is 4.25. The molecule has 0 nitrogen and oxygen atoms in total. The fraction of sp³-hybridized carbons (Fsp3) is 0.200. The third-order valence-electron chi connectivity index (χ3n) is 2.72. The van der Waals surface area contributed by atoms with Gasteiger partial charge in [-0.15, -0.1) is 0 Å². The molecular formula is C15H15F. The zero-order chi connectivity index (χ0) is 11.5. The normalized spacial score (nSPS) is 10.8. The van der Waals surface area contributed by atoms with Crippen LogP contribution in [0.2, 0.25) is 0 Å². The molecule has 0 saturated heterocycles. The van der Waals surface area contributed by atoms with Crippen LogP contribution in [0.1, 0.15) is 25.3 Å². The van der Waals surface area contributed by atoms with Crippen LogP contribution in [0.3, 0.4) is 0 Å². The molecule has 0 aliphatic heterocycles. The Balaban J connectivity index is 2.58. The van der Waals surface area contributed by atoms with Crippen molar-refractivity contribution in [1.29, 1.82) is 0 Å². The van der Waals surface area contributed by atoms with Gasteiger partial charge in [-0.25, -0.2) is 4.39 Å². The van der Waals surface area contributed by atoms with Gasteiger partial charge in [-0.3, -0.25) is 0 Å². The molecule has 0 atom stereocenters. The largest absolute Gasteiger partial charge is 0.207 e. The summed E-state index contributed by atoms with van der Waals surface area (Å²) < 4.78 is 13.3. The number of hydrogen-bond donors (Lipinski definition) is 0. The lowest BCUT2D eigenvalue weighted by molar-refractivity contribution is 0.627. The summed E-state index contributed by atoms with van der Waals surface area (Å²) in [5.74, 6) is 0.221. The molecule has 0 unspecified atom stereocenters. The van der Waals surface area contributed by atoms with Crippen molar-refractivity contribution in [3.05, 3.63) is 59.9 Å². The van der Waals surface area contributed by atoms with Crippen LogP contribution in [-0.4, -0.2) is 0 Å². The zero-order valence-electron chi connectivity index (χ0n) is 9.57. The summed E-state index contributed by atoms with van der Waals surface area (Å²) in [4.78, 5) is 0. The van der Waals surface area contributed by atoms with Gasteiger partial charge in [-0.05, 0) is 34.7 Å². The van der Waals surface area contributed by atoms with Crippen LogP contribution in [0.25, 0.3) is 11.1 Å². The maximum Gasteiger partial charge on any atom is 0.123 e. The van der Waals surface area contributed by atoms with Gasteiger partial charge in [0.15, 0.2) is 0 Å².